The maximum absolute atomic E-state index is 12.8. The van der Waals surface area contributed by atoms with Crippen molar-refractivity contribution in [2.75, 3.05) is 11.9 Å². The van der Waals surface area contributed by atoms with Crippen molar-refractivity contribution >= 4 is 17.7 Å². The molecule has 8 nitrogen and oxygen atoms in total. The molecule has 1 heterocycles. The van der Waals surface area contributed by atoms with Crippen LogP contribution in [-0.2, 0) is 16.0 Å². The van der Waals surface area contributed by atoms with Gasteiger partial charge >= 0.3 is 12.0 Å². The number of esters is 1. The molecule has 3 rings (SSSR count). The summed E-state index contributed by atoms with van der Waals surface area (Å²) in [6.45, 7) is 3.59. The van der Waals surface area contributed by atoms with Crippen molar-refractivity contribution in [1.82, 2.24) is 10.3 Å². The first-order chi connectivity index (χ1) is 15.4. The Balaban J connectivity index is 1.84. The number of aromatic nitrogens is 1. The molecule has 8 heteroatoms. The first-order valence-electron chi connectivity index (χ1n) is 10.2. The average molecular weight is 435 g/mol. The second-order valence-corrected chi connectivity index (χ2v) is 7.21. The third kappa shape index (κ3) is 5.75. The molecule has 0 aliphatic rings. The molecule has 0 saturated carbocycles. The van der Waals surface area contributed by atoms with Gasteiger partial charge in [-0.3, -0.25) is 4.79 Å². The Morgan fingerprint density at radius 2 is 1.78 bits per heavy atom. The van der Waals surface area contributed by atoms with Crippen LogP contribution in [-0.4, -0.2) is 34.7 Å². The zero-order chi connectivity index (χ0) is 23.1. The summed E-state index contributed by atoms with van der Waals surface area (Å²) in [5, 5.41) is 14.6. The van der Waals surface area contributed by atoms with E-state index in [1.54, 1.807) is 32.0 Å². The Morgan fingerprint density at radius 1 is 1.09 bits per heavy atom. The molecular formula is C24H25N3O5. The van der Waals surface area contributed by atoms with E-state index >= 15 is 0 Å². The maximum Gasteiger partial charge on any atom is 0.329 e. The molecule has 2 amide bonds. The highest BCUT2D eigenvalue weighted by Gasteiger charge is 2.24. The summed E-state index contributed by atoms with van der Waals surface area (Å²) in [7, 11) is 0. The predicted octanol–water partition coefficient (Wildman–Crippen LogP) is 3.35. The van der Waals surface area contributed by atoms with Gasteiger partial charge in [0.25, 0.3) is 5.56 Å². The number of hydrogen-bond donors (Lipinski definition) is 4. The van der Waals surface area contributed by atoms with Gasteiger partial charge in [0.05, 0.1) is 6.61 Å². The summed E-state index contributed by atoms with van der Waals surface area (Å²) in [6, 6.07) is 15.6. The third-order valence-corrected chi connectivity index (χ3v) is 4.74. The number of phenols is 1. The molecule has 4 N–H and O–H groups in total. The number of anilines is 1. The standard InChI is InChI=1S/C24H25N3O5/c1-3-32-23(30)20(14-16-9-11-18(28)12-10-16)26-24(31)27-21-19(13-15(2)25-22(21)29)17-7-5-4-6-8-17/h4-13,20,28H,3,14H2,1-2H3,(H,25,29)(H2,26,27,31)/t20-/m0/s1. The SMILES string of the molecule is CCOC(=O)[C@H](Cc1ccc(O)cc1)NC(=O)Nc1c(-c2ccccc2)cc(C)[nH]c1=O. The molecule has 0 fully saturated rings. The van der Waals surface area contributed by atoms with E-state index in [1.807, 2.05) is 30.3 Å². The summed E-state index contributed by atoms with van der Waals surface area (Å²) in [6.07, 6.45) is 0.155. The fourth-order valence-electron chi connectivity index (χ4n) is 3.27. The highest BCUT2D eigenvalue weighted by Crippen LogP contribution is 2.25. The number of pyridine rings is 1. The van der Waals surface area contributed by atoms with E-state index in [1.165, 1.54) is 12.1 Å². The molecule has 3 aromatic rings. The van der Waals surface area contributed by atoms with Gasteiger partial charge in [-0.2, -0.15) is 0 Å². The number of nitrogens with one attached hydrogen (secondary N) is 3. The molecule has 0 bridgehead atoms. The van der Waals surface area contributed by atoms with E-state index in [-0.39, 0.29) is 24.5 Å². The lowest BCUT2D eigenvalue weighted by Crippen LogP contribution is -2.45. The maximum atomic E-state index is 12.8. The number of H-pyrrole nitrogens is 1. The second-order valence-electron chi connectivity index (χ2n) is 7.21. The number of aromatic hydroxyl groups is 1. The van der Waals surface area contributed by atoms with Crippen LogP contribution >= 0.6 is 0 Å². The Labute approximate surface area is 185 Å². The van der Waals surface area contributed by atoms with Crippen molar-refractivity contribution in [2.45, 2.75) is 26.3 Å². The molecule has 32 heavy (non-hydrogen) atoms. The first kappa shape index (κ1) is 22.6. The van der Waals surface area contributed by atoms with E-state index in [2.05, 4.69) is 15.6 Å². The lowest BCUT2D eigenvalue weighted by Gasteiger charge is -2.19. The van der Waals surface area contributed by atoms with Crippen molar-refractivity contribution in [3.05, 3.63) is 82.3 Å². The number of hydrogen-bond acceptors (Lipinski definition) is 5. The molecule has 0 radical (unpaired) electrons. The van der Waals surface area contributed by atoms with E-state index in [0.29, 0.717) is 11.3 Å². The van der Waals surface area contributed by atoms with Crippen molar-refractivity contribution < 1.29 is 19.4 Å². The van der Waals surface area contributed by atoms with Gasteiger partial charge in [-0.1, -0.05) is 42.5 Å². The molecule has 1 atom stereocenters. The van der Waals surface area contributed by atoms with Crippen molar-refractivity contribution in [3.63, 3.8) is 0 Å². The van der Waals surface area contributed by atoms with Crippen molar-refractivity contribution in [1.29, 1.82) is 0 Å². The highest BCUT2D eigenvalue weighted by atomic mass is 16.5. The summed E-state index contributed by atoms with van der Waals surface area (Å²) < 4.78 is 5.08. The van der Waals surface area contributed by atoms with Crippen LogP contribution in [0.15, 0.2) is 65.5 Å². The number of urea groups is 1. The number of carbonyl (C=O) groups excluding carboxylic acids is 2. The van der Waals surface area contributed by atoms with Gasteiger partial charge in [0.15, 0.2) is 0 Å². The van der Waals surface area contributed by atoms with Gasteiger partial charge in [-0.05, 0) is 43.2 Å². The molecule has 2 aromatic carbocycles. The van der Waals surface area contributed by atoms with E-state index in [9.17, 15) is 19.5 Å². The summed E-state index contributed by atoms with van der Waals surface area (Å²) in [5.41, 5.74) is 2.32. The van der Waals surface area contributed by atoms with Crippen LogP contribution in [0, 0.1) is 6.92 Å². The predicted molar refractivity (Wildman–Crippen MR) is 122 cm³/mol. The zero-order valence-electron chi connectivity index (χ0n) is 17.8. The molecule has 0 spiro atoms. The number of rotatable bonds is 7. The van der Waals surface area contributed by atoms with E-state index < -0.39 is 23.6 Å². The largest absolute Gasteiger partial charge is 0.508 e. The van der Waals surface area contributed by atoms with Gasteiger partial charge in [0.1, 0.15) is 17.5 Å². The van der Waals surface area contributed by atoms with Crippen LogP contribution in [0.1, 0.15) is 18.2 Å². The third-order valence-electron chi connectivity index (χ3n) is 4.74. The number of carbonyl (C=O) groups is 2. The second kappa shape index (κ2) is 10.3. The summed E-state index contributed by atoms with van der Waals surface area (Å²) in [5.74, 6) is -0.504. The fourth-order valence-corrected chi connectivity index (χ4v) is 3.27. The Bertz CT molecular complexity index is 1140. The first-order valence-corrected chi connectivity index (χ1v) is 10.2. The van der Waals surface area contributed by atoms with Crippen LogP contribution in [0.5, 0.6) is 5.75 Å². The number of aryl methyl sites for hydroxylation is 1. The molecule has 1 aromatic heterocycles. The lowest BCUT2D eigenvalue weighted by molar-refractivity contribution is -0.145. The number of benzene rings is 2. The van der Waals surface area contributed by atoms with Crippen LogP contribution in [0.4, 0.5) is 10.5 Å². The van der Waals surface area contributed by atoms with E-state index in [0.717, 1.165) is 11.1 Å². The average Bonchev–Trinajstić information content (AvgIpc) is 2.77. The molecular weight excluding hydrogens is 410 g/mol. The smallest absolute Gasteiger partial charge is 0.329 e. The summed E-state index contributed by atoms with van der Waals surface area (Å²) >= 11 is 0. The van der Waals surface area contributed by atoms with Gasteiger partial charge in [-0.25, -0.2) is 9.59 Å². The van der Waals surface area contributed by atoms with Crippen molar-refractivity contribution in [3.8, 4) is 16.9 Å². The van der Waals surface area contributed by atoms with Gasteiger partial charge in [-0.15, -0.1) is 0 Å². The lowest BCUT2D eigenvalue weighted by atomic mass is 10.0. The van der Waals surface area contributed by atoms with Crippen LogP contribution in [0.25, 0.3) is 11.1 Å². The topological polar surface area (TPSA) is 121 Å². The quantitative estimate of drug-likeness (QED) is 0.424. The fraction of sp³-hybridized carbons (Fsp3) is 0.208. The van der Waals surface area contributed by atoms with Gasteiger partial charge in [0.2, 0.25) is 0 Å². The van der Waals surface area contributed by atoms with Gasteiger partial charge < -0.3 is 25.5 Å². The molecule has 0 aliphatic heterocycles. The monoisotopic (exact) mass is 435 g/mol. The molecule has 166 valence electrons. The minimum absolute atomic E-state index is 0.0755. The Morgan fingerprint density at radius 3 is 2.44 bits per heavy atom. The van der Waals surface area contributed by atoms with Crippen molar-refractivity contribution in [2.24, 2.45) is 0 Å². The molecule has 0 saturated heterocycles. The van der Waals surface area contributed by atoms with Crippen LogP contribution in [0.2, 0.25) is 0 Å². The van der Waals surface area contributed by atoms with E-state index in [4.69, 9.17) is 4.74 Å². The number of aromatic amines is 1. The zero-order valence-corrected chi connectivity index (χ0v) is 17.8. The van der Waals surface area contributed by atoms with Crippen LogP contribution in [0.3, 0.4) is 0 Å². The minimum Gasteiger partial charge on any atom is -0.508 e. The van der Waals surface area contributed by atoms with Crippen LogP contribution < -0.4 is 16.2 Å². The molecule has 0 unspecified atom stereocenters. The minimum atomic E-state index is -0.982. The number of ether oxygens (including phenoxy) is 1. The van der Waals surface area contributed by atoms with Gasteiger partial charge in [0, 0.05) is 17.7 Å². The Hall–Kier alpha value is -4.07. The number of phenolic OH excluding ortho intramolecular Hbond substituents is 1. The normalized spacial score (nSPS) is 11.4. The summed E-state index contributed by atoms with van der Waals surface area (Å²) in [4.78, 5) is 40.5. The highest BCUT2D eigenvalue weighted by molar-refractivity contribution is 5.96. The number of amides is 2. The molecule has 0 aliphatic carbocycles. The Kier molecular flexibility index (Phi) is 7.28.